The lowest BCUT2D eigenvalue weighted by molar-refractivity contribution is -0.112. The van der Waals surface area contributed by atoms with Crippen molar-refractivity contribution in [3.63, 3.8) is 0 Å². The Balaban J connectivity index is 1.56. The van der Waals surface area contributed by atoms with Gasteiger partial charge in [-0.1, -0.05) is 76.4 Å². The van der Waals surface area contributed by atoms with Gasteiger partial charge in [0.15, 0.2) is 5.71 Å². The highest BCUT2D eigenvalue weighted by Crippen LogP contribution is 2.32. The average molecular weight is 446 g/mol. The summed E-state index contributed by atoms with van der Waals surface area (Å²) in [5, 5.41) is 5.70. The first-order valence-electron chi connectivity index (χ1n) is 8.82. The zero-order chi connectivity index (χ0) is 20.4. The zero-order valence-corrected chi connectivity index (χ0v) is 17.4. The highest BCUT2D eigenvalue weighted by molar-refractivity contribution is 6.54. The largest absolute Gasteiger partial charge is 0.390 e. The van der Waals surface area contributed by atoms with E-state index in [0.29, 0.717) is 21.6 Å². The van der Waals surface area contributed by atoms with E-state index in [1.807, 2.05) is 42.5 Å². The van der Waals surface area contributed by atoms with E-state index in [9.17, 15) is 4.79 Å². The molecule has 0 aliphatic carbocycles. The Morgan fingerprint density at radius 2 is 1.59 bits per heavy atom. The van der Waals surface area contributed by atoms with Crippen molar-refractivity contribution in [1.82, 2.24) is 0 Å². The van der Waals surface area contributed by atoms with Gasteiger partial charge in [-0.15, -0.1) is 0 Å². The Bertz CT molecular complexity index is 1100. The smallest absolute Gasteiger partial charge is 0.281 e. The fraction of sp³-hybridized carbons (Fsp3) is 0.0909. The number of hydrogen-bond acceptors (Lipinski definition) is 3. The molecule has 1 aliphatic rings. The number of para-hydroxylation sites is 1. The average Bonchev–Trinajstić information content (AvgIpc) is 2.98. The molecule has 3 aromatic carbocycles. The molecule has 0 saturated heterocycles. The van der Waals surface area contributed by atoms with Gasteiger partial charge in [-0.25, -0.2) is 0 Å². The molecule has 7 heteroatoms. The number of carbonyl (C=O) groups is 1. The highest BCUT2D eigenvalue weighted by Gasteiger charge is 2.34. The maximum atomic E-state index is 13.0. The minimum absolute atomic E-state index is 0.228. The van der Waals surface area contributed by atoms with Gasteiger partial charge in [-0.05, 0) is 41.5 Å². The van der Waals surface area contributed by atoms with Crippen LogP contribution >= 0.6 is 34.8 Å². The Labute approximate surface area is 183 Å². The molecule has 1 aliphatic heterocycles. The number of anilines is 1. The van der Waals surface area contributed by atoms with Gasteiger partial charge >= 0.3 is 0 Å². The number of nitrogens with zero attached hydrogens (tertiary/aromatic N) is 2. The Hall–Kier alpha value is -2.53. The quantitative estimate of drug-likeness (QED) is 0.444. The van der Waals surface area contributed by atoms with Crippen molar-refractivity contribution < 1.29 is 9.63 Å². The van der Waals surface area contributed by atoms with Crippen molar-refractivity contribution >= 4 is 52.1 Å². The lowest BCUT2D eigenvalue weighted by Gasteiger charge is -2.17. The third kappa shape index (κ3) is 4.25. The van der Waals surface area contributed by atoms with E-state index in [4.69, 9.17) is 39.6 Å². The summed E-state index contributed by atoms with van der Waals surface area (Å²) in [5.41, 5.74) is 3.55. The van der Waals surface area contributed by atoms with Crippen molar-refractivity contribution in [2.24, 2.45) is 5.16 Å². The van der Waals surface area contributed by atoms with Crippen LogP contribution in [0, 0.1) is 0 Å². The molecule has 4 nitrogen and oxygen atoms in total. The second-order valence-electron chi connectivity index (χ2n) is 6.50. The highest BCUT2D eigenvalue weighted by atomic mass is 35.5. The molecule has 4 rings (SSSR count). The second-order valence-corrected chi connectivity index (χ2v) is 7.75. The van der Waals surface area contributed by atoms with Gasteiger partial charge in [0.25, 0.3) is 5.91 Å². The van der Waals surface area contributed by atoms with E-state index in [-0.39, 0.29) is 18.2 Å². The summed E-state index contributed by atoms with van der Waals surface area (Å²) < 4.78 is 0. The lowest BCUT2D eigenvalue weighted by Crippen LogP contribution is -2.29. The molecule has 1 heterocycles. The van der Waals surface area contributed by atoms with Crippen LogP contribution in [0.4, 0.5) is 5.69 Å². The summed E-state index contributed by atoms with van der Waals surface area (Å²) in [6.45, 7) is 0.589. The van der Waals surface area contributed by atoms with E-state index in [1.165, 1.54) is 0 Å². The van der Waals surface area contributed by atoms with Gasteiger partial charge in [0.2, 0.25) is 0 Å². The Morgan fingerprint density at radius 3 is 2.34 bits per heavy atom. The number of carbonyl (C=O) groups excluding carboxylic acids is 1. The number of oxime groups is 1. The van der Waals surface area contributed by atoms with E-state index in [1.54, 1.807) is 29.2 Å². The third-order valence-corrected chi connectivity index (χ3v) is 5.51. The first-order chi connectivity index (χ1) is 14.0. The van der Waals surface area contributed by atoms with Crippen LogP contribution in [0.1, 0.15) is 16.7 Å². The molecule has 0 bridgehead atoms. The van der Waals surface area contributed by atoms with Crippen LogP contribution < -0.4 is 4.90 Å². The molecule has 0 N–H and O–H groups in total. The molecule has 146 valence electrons. The summed E-state index contributed by atoms with van der Waals surface area (Å²) in [6, 6.07) is 20.1. The van der Waals surface area contributed by atoms with Gasteiger partial charge in [-0.3, -0.25) is 4.79 Å². The summed E-state index contributed by atoms with van der Waals surface area (Å²) in [6.07, 6.45) is 0. The summed E-state index contributed by atoms with van der Waals surface area (Å²) >= 11 is 18.0. The first kappa shape index (κ1) is 19.8. The Kier molecular flexibility index (Phi) is 5.76. The molecule has 0 saturated carbocycles. The van der Waals surface area contributed by atoms with Crippen molar-refractivity contribution in [2.75, 3.05) is 4.90 Å². The topological polar surface area (TPSA) is 41.9 Å². The summed E-state index contributed by atoms with van der Waals surface area (Å²) in [4.78, 5) is 20.2. The molecule has 1 amide bonds. The third-order valence-electron chi connectivity index (χ3n) is 4.52. The number of amides is 1. The van der Waals surface area contributed by atoms with Crippen LogP contribution in [0.3, 0.4) is 0 Å². The molecule has 3 aromatic rings. The predicted molar refractivity (Wildman–Crippen MR) is 117 cm³/mol. The first-order valence-corrected chi connectivity index (χ1v) is 9.96. The van der Waals surface area contributed by atoms with Crippen molar-refractivity contribution in [3.8, 4) is 0 Å². The fourth-order valence-corrected chi connectivity index (χ4v) is 3.53. The van der Waals surface area contributed by atoms with Gasteiger partial charge in [0.05, 0.1) is 22.3 Å². The minimum atomic E-state index is -0.228. The van der Waals surface area contributed by atoms with E-state index >= 15 is 0 Å². The molecule has 0 spiro atoms. The van der Waals surface area contributed by atoms with Crippen LogP contribution in [-0.2, 0) is 22.8 Å². The monoisotopic (exact) mass is 444 g/mol. The van der Waals surface area contributed by atoms with Gasteiger partial charge < -0.3 is 9.74 Å². The van der Waals surface area contributed by atoms with Crippen molar-refractivity contribution in [2.45, 2.75) is 13.2 Å². The van der Waals surface area contributed by atoms with Crippen LogP contribution in [-0.4, -0.2) is 11.6 Å². The van der Waals surface area contributed by atoms with Crippen LogP contribution in [0.5, 0.6) is 0 Å². The van der Waals surface area contributed by atoms with Gasteiger partial charge in [0, 0.05) is 10.6 Å². The molecule has 0 atom stereocenters. The minimum Gasteiger partial charge on any atom is -0.390 e. The van der Waals surface area contributed by atoms with Gasteiger partial charge in [-0.2, -0.15) is 0 Å². The molecular weight excluding hydrogens is 431 g/mol. The summed E-state index contributed by atoms with van der Waals surface area (Å²) in [7, 11) is 0. The Morgan fingerprint density at radius 1 is 0.862 bits per heavy atom. The molecule has 29 heavy (non-hydrogen) atoms. The lowest BCUT2D eigenvalue weighted by atomic mass is 10.1. The van der Waals surface area contributed by atoms with Gasteiger partial charge in [0.1, 0.15) is 6.61 Å². The van der Waals surface area contributed by atoms with E-state index in [2.05, 4.69) is 5.16 Å². The number of halogens is 3. The second kappa shape index (κ2) is 8.46. The molecule has 0 unspecified atom stereocenters. The molecule has 0 aromatic heterocycles. The SMILES string of the molecule is O=C1/C(=N\OCc2ccc(Cl)cc2)c2ccccc2N1Cc1ccc(Cl)c(Cl)c1. The fourth-order valence-electron chi connectivity index (χ4n) is 3.08. The number of fused-ring (bicyclic) bond motifs is 1. The maximum absolute atomic E-state index is 13.0. The molecule has 0 fully saturated rings. The molecular formula is C22H15Cl3N2O2. The van der Waals surface area contributed by atoms with Crippen molar-refractivity contribution in [3.05, 3.63) is 98.5 Å². The maximum Gasteiger partial charge on any atom is 0.281 e. The van der Waals surface area contributed by atoms with Crippen LogP contribution in [0.15, 0.2) is 71.9 Å². The van der Waals surface area contributed by atoms with E-state index < -0.39 is 0 Å². The predicted octanol–water partition coefficient (Wildman–Crippen LogP) is 6.11. The van der Waals surface area contributed by atoms with Crippen LogP contribution in [0.2, 0.25) is 15.1 Å². The standard InChI is InChI=1S/C22H15Cl3N2O2/c23-16-8-5-14(6-9-16)13-29-26-21-17-3-1-2-4-20(17)27(22(21)28)12-15-7-10-18(24)19(25)11-15/h1-11H,12-13H2/b26-21-. The number of benzene rings is 3. The number of hydrogen-bond donors (Lipinski definition) is 0. The van der Waals surface area contributed by atoms with E-state index in [0.717, 1.165) is 22.4 Å². The van der Waals surface area contributed by atoms with Crippen molar-refractivity contribution in [1.29, 1.82) is 0 Å². The number of rotatable bonds is 5. The summed E-state index contributed by atoms with van der Waals surface area (Å²) in [5.74, 6) is -0.228. The van der Waals surface area contributed by atoms with Crippen LogP contribution in [0.25, 0.3) is 0 Å². The zero-order valence-electron chi connectivity index (χ0n) is 15.1. The molecule has 0 radical (unpaired) electrons. The normalized spacial score (nSPS) is 14.4.